The van der Waals surface area contributed by atoms with Gasteiger partial charge in [0.1, 0.15) is 0 Å². The molecule has 2 nitrogen and oxygen atoms in total. The van der Waals surface area contributed by atoms with Crippen molar-refractivity contribution in [3.63, 3.8) is 0 Å². The van der Waals surface area contributed by atoms with E-state index in [4.69, 9.17) is 16.3 Å². The second-order valence-corrected chi connectivity index (χ2v) is 3.44. The van der Waals surface area contributed by atoms with Gasteiger partial charge in [0, 0.05) is 31.3 Å². The highest BCUT2D eigenvalue weighted by Crippen LogP contribution is 2.06. The van der Waals surface area contributed by atoms with Crippen LogP contribution in [0.4, 0.5) is 0 Å². The Kier molecular flexibility index (Phi) is 4.66. The fraction of sp³-hybridized carbons (Fsp3) is 0.778. The number of ether oxygens (including phenoxy) is 1. The molecule has 0 amide bonds. The van der Waals surface area contributed by atoms with Crippen molar-refractivity contribution >= 4 is 11.6 Å². The van der Waals surface area contributed by atoms with E-state index in [9.17, 15) is 0 Å². The molecule has 1 aliphatic heterocycles. The Balaban J connectivity index is 2.13. The summed E-state index contributed by atoms with van der Waals surface area (Å²) < 4.78 is 5.25. The van der Waals surface area contributed by atoms with Crippen molar-refractivity contribution in [2.24, 2.45) is 0 Å². The van der Waals surface area contributed by atoms with Gasteiger partial charge < -0.3 is 10.1 Å². The molecule has 12 heavy (non-hydrogen) atoms. The molecule has 1 fully saturated rings. The van der Waals surface area contributed by atoms with Crippen LogP contribution in [-0.2, 0) is 4.74 Å². The van der Waals surface area contributed by atoms with E-state index in [1.165, 1.54) is 5.57 Å². The maximum atomic E-state index is 5.54. The summed E-state index contributed by atoms with van der Waals surface area (Å²) >= 11 is 5.54. The van der Waals surface area contributed by atoms with Gasteiger partial charge in [-0.15, -0.1) is 0 Å². The molecule has 1 rings (SSSR count). The van der Waals surface area contributed by atoms with E-state index in [1.807, 2.05) is 6.92 Å². The van der Waals surface area contributed by atoms with E-state index in [0.717, 1.165) is 32.6 Å². The lowest BCUT2D eigenvalue weighted by Crippen LogP contribution is -2.35. The fourth-order valence-corrected chi connectivity index (χ4v) is 1.32. The lowest BCUT2D eigenvalue weighted by molar-refractivity contribution is 0.0787. The average Bonchev–Trinajstić information content (AvgIpc) is 2.16. The van der Waals surface area contributed by atoms with Gasteiger partial charge in [-0.1, -0.05) is 11.6 Å². The summed E-state index contributed by atoms with van der Waals surface area (Å²) in [5, 5.41) is 3.44. The molecule has 0 aromatic heterocycles. The SMILES string of the molecule is CC(=CCl)CNC1CCOCC1. The second kappa shape index (κ2) is 5.57. The standard InChI is InChI=1S/C9H16ClNO/c1-8(6-10)7-11-9-2-4-12-5-3-9/h6,9,11H,2-5,7H2,1H3. The van der Waals surface area contributed by atoms with Crippen LogP contribution in [0.25, 0.3) is 0 Å². The van der Waals surface area contributed by atoms with E-state index >= 15 is 0 Å². The smallest absolute Gasteiger partial charge is 0.0480 e. The number of rotatable bonds is 3. The molecule has 0 radical (unpaired) electrons. The number of hydrogen-bond donors (Lipinski definition) is 1. The highest BCUT2D eigenvalue weighted by atomic mass is 35.5. The Hall–Kier alpha value is -0.0500. The van der Waals surface area contributed by atoms with Gasteiger partial charge in [0.15, 0.2) is 0 Å². The summed E-state index contributed by atoms with van der Waals surface area (Å²) in [7, 11) is 0. The lowest BCUT2D eigenvalue weighted by Gasteiger charge is -2.23. The van der Waals surface area contributed by atoms with Crippen molar-refractivity contribution in [2.45, 2.75) is 25.8 Å². The van der Waals surface area contributed by atoms with Crippen LogP contribution in [0.15, 0.2) is 11.1 Å². The molecule has 0 aromatic carbocycles. The first-order valence-electron chi connectivity index (χ1n) is 4.40. The van der Waals surface area contributed by atoms with Crippen LogP contribution in [0.1, 0.15) is 19.8 Å². The van der Waals surface area contributed by atoms with Crippen LogP contribution < -0.4 is 5.32 Å². The Bertz CT molecular complexity index is 153. The van der Waals surface area contributed by atoms with Gasteiger partial charge in [-0.3, -0.25) is 0 Å². The van der Waals surface area contributed by atoms with Crippen LogP contribution >= 0.6 is 11.6 Å². The number of nitrogens with one attached hydrogen (secondary N) is 1. The molecular weight excluding hydrogens is 174 g/mol. The summed E-state index contributed by atoms with van der Waals surface area (Å²) in [6.07, 6.45) is 2.24. The van der Waals surface area contributed by atoms with Gasteiger partial charge >= 0.3 is 0 Å². The van der Waals surface area contributed by atoms with Crippen molar-refractivity contribution in [1.82, 2.24) is 5.32 Å². The first kappa shape index (κ1) is 10.0. The maximum Gasteiger partial charge on any atom is 0.0480 e. The molecule has 1 heterocycles. The minimum absolute atomic E-state index is 0.616. The lowest BCUT2D eigenvalue weighted by atomic mass is 10.1. The van der Waals surface area contributed by atoms with E-state index in [-0.39, 0.29) is 0 Å². The van der Waals surface area contributed by atoms with Gasteiger partial charge in [0.05, 0.1) is 0 Å². The van der Waals surface area contributed by atoms with Gasteiger partial charge in [-0.25, -0.2) is 0 Å². The van der Waals surface area contributed by atoms with Crippen LogP contribution in [0.5, 0.6) is 0 Å². The predicted molar refractivity (Wildman–Crippen MR) is 51.5 cm³/mol. The molecule has 0 atom stereocenters. The molecule has 0 aromatic rings. The minimum atomic E-state index is 0.616. The van der Waals surface area contributed by atoms with Crippen LogP contribution in [0.2, 0.25) is 0 Å². The molecule has 0 unspecified atom stereocenters. The van der Waals surface area contributed by atoms with Gasteiger partial charge in [0.2, 0.25) is 0 Å². The van der Waals surface area contributed by atoms with Crippen molar-refractivity contribution in [3.8, 4) is 0 Å². The quantitative estimate of drug-likeness (QED) is 0.733. The molecule has 0 spiro atoms. The Morgan fingerprint density at radius 2 is 2.25 bits per heavy atom. The zero-order chi connectivity index (χ0) is 8.81. The molecular formula is C9H16ClNO. The summed E-state index contributed by atoms with van der Waals surface area (Å²) in [5.41, 5.74) is 2.81. The van der Waals surface area contributed by atoms with Crippen LogP contribution in [-0.4, -0.2) is 25.8 Å². The molecule has 70 valence electrons. The molecule has 0 aliphatic carbocycles. The maximum absolute atomic E-state index is 5.54. The first-order chi connectivity index (χ1) is 5.83. The molecule has 0 bridgehead atoms. The van der Waals surface area contributed by atoms with Gasteiger partial charge in [0.25, 0.3) is 0 Å². The van der Waals surface area contributed by atoms with E-state index < -0.39 is 0 Å². The van der Waals surface area contributed by atoms with Crippen molar-refractivity contribution in [1.29, 1.82) is 0 Å². The summed E-state index contributed by atoms with van der Waals surface area (Å²) in [4.78, 5) is 0. The summed E-state index contributed by atoms with van der Waals surface area (Å²) in [6.45, 7) is 4.70. The minimum Gasteiger partial charge on any atom is -0.381 e. The van der Waals surface area contributed by atoms with Crippen molar-refractivity contribution < 1.29 is 4.74 Å². The topological polar surface area (TPSA) is 21.3 Å². The summed E-state index contributed by atoms with van der Waals surface area (Å²) in [6, 6.07) is 0.616. The van der Waals surface area contributed by atoms with E-state index in [1.54, 1.807) is 5.54 Å². The molecule has 1 saturated heterocycles. The normalized spacial score (nSPS) is 21.3. The Labute approximate surface area is 78.9 Å². The average molecular weight is 190 g/mol. The Morgan fingerprint density at radius 1 is 1.58 bits per heavy atom. The zero-order valence-electron chi connectivity index (χ0n) is 7.48. The highest BCUT2D eigenvalue weighted by molar-refractivity contribution is 6.25. The van der Waals surface area contributed by atoms with Gasteiger partial charge in [-0.05, 0) is 25.3 Å². The number of halogens is 1. The largest absolute Gasteiger partial charge is 0.381 e. The second-order valence-electron chi connectivity index (χ2n) is 3.22. The summed E-state index contributed by atoms with van der Waals surface area (Å²) in [5.74, 6) is 0. The molecule has 1 aliphatic rings. The highest BCUT2D eigenvalue weighted by Gasteiger charge is 2.12. The van der Waals surface area contributed by atoms with Crippen LogP contribution in [0.3, 0.4) is 0 Å². The number of hydrogen-bond acceptors (Lipinski definition) is 2. The van der Waals surface area contributed by atoms with Crippen LogP contribution in [0, 0.1) is 0 Å². The monoisotopic (exact) mass is 189 g/mol. The molecule has 3 heteroatoms. The first-order valence-corrected chi connectivity index (χ1v) is 4.83. The van der Waals surface area contributed by atoms with E-state index in [2.05, 4.69) is 5.32 Å². The fourth-order valence-electron chi connectivity index (χ4n) is 1.25. The third kappa shape index (κ3) is 3.57. The van der Waals surface area contributed by atoms with E-state index in [0.29, 0.717) is 6.04 Å². The zero-order valence-corrected chi connectivity index (χ0v) is 8.23. The molecule has 0 saturated carbocycles. The van der Waals surface area contributed by atoms with Crippen molar-refractivity contribution in [3.05, 3.63) is 11.1 Å². The molecule has 1 N–H and O–H groups in total. The van der Waals surface area contributed by atoms with Gasteiger partial charge in [-0.2, -0.15) is 0 Å². The third-order valence-electron chi connectivity index (χ3n) is 2.08. The van der Waals surface area contributed by atoms with Crippen molar-refractivity contribution in [2.75, 3.05) is 19.8 Å². The third-order valence-corrected chi connectivity index (χ3v) is 2.45. The predicted octanol–water partition coefficient (Wildman–Crippen LogP) is 1.90. The Morgan fingerprint density at radius 3 is 2.83 bits per heavy atom.